The lowest BCUT2D eigenvalue weighted by Crippen LogP contribution is -2.39. The number of rotatable bonds is 4. The Labute approximate surface area is 148 Å². The van der Waals surface area contributed by atoms with E-state index in [1.807, 2.05) is 42.5 Å². The summed E-state index contributed by atoms with van der Waals surface area (Å²) in [6.45, 7) is 7.49. The molecule has 0 aliphatic rings. The van der Waals surface area contributed by atoms with Crippen LogP contribution in [0.3, 0.4) is 0 Å². The topological polar surface area (TPSA) is 53.1 Å². The van der Waals surface area contributed by atoms with Crippen LogP contribution in [0.1, 0.15) is 32.2 Å². The number of nitriles is 1. The Balaban J connectivity index is 1.80. The molecule has 1 aromatic heterocycles. The number of benzene rings is 2. The van der Waals surface area contributed by atoms with E-state index in [1.165, 1.54) is 0 Å². The van der Waals surface area contributed by atoms with E-state index in [4.69, 9.17) is 9.68 Å². The first kappa shape index (κ1) is 17.2. The second-order valence-electron chi connectivity index (χ2n) is 7.32. The van der Waals surface area contributed by atoms with E-state index in [1.54, 1.807) is 0 Å². The fourth-order valence-electron chi connectivity index (χ4n) is 2.60. The first-order chi connectivity index (χ1) is 11.9. The number of hydrogen-bond donors (Lipinski definition) is 0. The standard InChI is InChI=1S/C21H23N3O/c1-21(2,3)24(4)12-11-20-23-18-13-17(9-10-19(18)25-20)16-7-5-15(14-22)6-8-16/h5-10,13H,11-12H2,1-4H3. The van der Waals surface area contributed by atoms with Crippen molar-refractivity contribution < 1.29 is 4.42 Å². The van der Waals surface area contributed by atoms with Gasteiger partial charge < -0.3 is 9.32 Å². The third-order valence-corrected chi connectivity index (χ3v) is 4.59. The van der Waals surface area contributed by atoms with Crippen LogP contribution in [0.15, 0.2) is 46.9 Å². The maximum Gasteiger partial charge on any atom is 0.196 e. The lowest BCUT2D eigenvalue weighted by molar-refractivity contribution is 0.174. The number of aromatic nitrogens is 1. The summed E-state index contributed by atoms with van der Waals surface area (Å²) < 4.78 is 5.88. The fourth-order valence-corrected chi connectivity index (χ4v) is 2.60. The minimum Gasteiger partial charge on any atom is -0.441 e. The Morgan fingerprint density at radius 2 is 1.76 bits per heavy atom. The van der Waals surface area contributed by atoms with E-state index >= 15 is 0 Å². The van der Waals surface area contributed by atoms with Gasteiger partial charge in [-0.3, -0.25) is 0 Å². The molecule has 2 aromatic carbocycles. The molecule has 4 nitrogen and oxygen atoms in total. The van der Waals surface area contributed by atoms with Crippen molar-refractivity contribution >= 4 is 11.1 Å². The van der Waals surface area contributed by atoms with E-state index in [0.29, 0.717) is 5.56 Å². The molecule has 0 spiro atoms. The smallest absolute Gasteiger partial charge is 0.196 e. The second kappa shape index (κ2) is 6.70. The molecule has 3 aromatic rings. The van der Waals surface area contributed by atoms with Crippen LogP contribution in [0.5, 0.6) is 0 Å². The van der Waals surface area contributed by atoms with Gasteiger partial charge in [0.2, 0.25) is 0 Å². The number of hydrogen-bond acceptors (Lipinski definition) is 4. The zero-order valence-electron chi connectivity index (χ0n) is 15.2. The van der Waals surface area contributed by atoms with Crippen molar-refractivity contribution in [3.05, 3.63) is 53.9 Å². The maximum atomic E-state index is 8.91. The quantitative estimate of drug-likeness (QED) is 0.698. The minimum atomic E-state index is 0.134. The van der Waals surface area contributed by atoms with Crippen LogP contribution in [-0.4, -0.2) is 29.0 Å². The van der Waals surface area contributed by atoms with Crippen LogP contribution in [0.4, 0.5) is 0 Å². The van der Waals surface area contributed by atoms with Gasteiger partial charge in [0.05, 0.1) is 11.6 Å². The van der Waals surface area contributed by atoms with Crippen LogP contribution in [-0.2, 0) is 6.42 Å². The van der Waals surface area contributed by atoms with Gasteiger partial charge in [0, 0.05) is 18.5 Å². The third kappa shape index (κ3) is 3.89. The van der Waals surface area contributed by atoms with Crippen molar-refractivity contribution in [2.24, 2.45) is 0 Å². The fraction of sp³-hybridized carbons (Fsp3) is 0.333. The van der Waals surface area contributed by atoms with Gasteiger partial charge >= 0.3 is 0 Å². The summed E-state index contributed by atoms with van der Waals surface area (Å²) in [5.41, 5.74) is 4.62. The van der Waals surface area contributed by atoms with Gasteiger partial charge in [-0.2, -0.15) is 5.26 Å². The molecule has 0 N–H and O–H groups in total. The van der Waals surface area contributed by atoms with Crippen molar-refractivity contribution in [2.45, 2.75) is 32.7 Å². The summed E-state index contributed by atoms with van der Waals surface area (Å²) in [6, 6.07) is 15.7. The molecular formula is C21H23N3O. The van der Waals surface area contributed by atoms with Crippen LogP contribution in [0, 0.1) is 11.3 Å². The highest BCUT2D eigenvalue weighted by Crippen LogP contribution is 2.25. The van der Waals surface area contributed by atoms with Crippen LogP contribution in [0.25, 0.3) is 22.2 Å². The van der Waals surface area contributed by atoms with Crippen molar-refractivity contribution in [3.8, 4) is 17.2 Å². The van der Waals surface area contributed by atoms with Crippen molar-refractivity contribution in [3.63, 3.8) is 0 Å². The summed E-state index contributed by atoms with van der Waals surface area (Å²) in [5, 5.41) is 8.91. The van der Waals surface area contributed by atoms with Crippen molar-refractivity contribution in [1.29, 1.82) is 5.26 Å². The highest BCUT2D eigenvalue weighted by atomic mass is 16.3. The van der Waals surface area contributed by atoms with Crippen LogP contribution >= 0.6 is 0 Å². The summed E-state index contributed by atoms with van der Waals surface area (Å²) in [7, 11) is 2.12. The molecule has 0 saturated carbocycles. The molecule has 128 valence electrons. The summed E-state index contributed by atoms with van der Waals surface area (Å²) in [5.74, 6) is 0.767. The molecule has 0 bridgehead atoms. The molecule has 3 rings (SSSR count). The normalized spacial score (nSPS) is 11.8. The van der Waals surface area contributed by atoms with Crippen molar-refractivity contribution in [2.75, 3.05) is 13.6 Å². The van der Waals surface area contributed by atoms with Crippen LogP contribution < -0.4 is 0 Å². The molecule has 0 aliphatic heterocycles. The summed E-state index contributed by atoms with van der Waals surface area (Å²) >= 11 is 0. The molecule has 1 heterocycles. The predicted octanol–water partition coefficient (Wildman–Crippen LogP) is 4.64. The minimum absolute atomic E-state index is 0.134. The highest BCUT2D eigenvalue weighted by molar-refractivity contribution is 5.80. The molecule has 25 heavy (non-hydrogen) atoms. The molecule has 0 saturated heterocycles. The average Bonchev–Trinajstić information content (AvgIpc) is 3.00. The average molecular weight is 333 g/mol. The first-order valence-electron chi connectivity index (χ1n) is 8.48. The van der Waals surface area contributed by atoms with Gasteiger partial charge in [-0.05, 0) is 63.2 Å². The van der Waals surface area contributed by atoms with Gasteiger partial charge in [-0.25, -0.2) is 4.98 Å². The highest BCUT2D eigenvalue weighted by Gasteiger charge is 2.17. The Bertz CT molecular complexity index is 911. The lowest BCUT2D eigenvalue weighted by atomic mass is 10.0. The predicted molar refractivity (Wildman–Crippen MR) is 100 cm³/mol. The summed E-state index contributed by atoms with van der Waals surface area (Å²) in [4.78, 5) is 6.94. The molecule has 0 fully saturated rings. The van der Waals surface area contributed by atoms with Gasteiger partial charge in [0.15, 0.2) is 11.5 Å². The number of nitrogens with zero attached hydrogens (tertiary/aromatic N) is 3. The molecule has 0 radical (unpaired) electrons. The van der Waals surface area contributed by atoms with Gasteiger partial charge in [0.1, 0.15) is 5.52 Å². The van der Waals surface area contributed by atoms with E-state index < -0.39 is 0 Å². The van der Waals surface area contributed by atoms with Crippen LogP contribution in [0.2, 0.25) is 0 Å². The Hall–Kier alpha value is -2.64. The summed E-state index contributed by atoms with van der Waals surface area (Å²) in [6.07, 6.45) is 0.786. The third-order valence-electron chi connectivity index (χ3n) is 4.59. The second-order valence-corrected chi connectivity index (χ2v) is 7.32. The number of oxazole rings is 1. The zero-order valence-corrected chi connectivity index (χ0v) is 15.2. The van der Waals surface area contributed by atoms with E-state index in [9.17, 15) is 0 Å². The largest absolute Gasteiger partial charge is 0.441 e. The lowest BCUT2D eigenvalue weighted by Gasteiger charge is -2.31. The molecule has 0 aliphatic carbocycles. The van der Waals surface area contributed by atoms with Gasteiger partial charge in [-0.1, -0.05) is 18.2 Å². The van der Waals surface area contributed by atoms with E-state index in [0.717, 1.165) is 41.1 Å². The number of fused-ring (bicyclic) bond motifs is 1. The molecule has 4 heteroatoms. The maximum absolute atomic E-state index is 8.91. The molecule has 0 unspecified atom stereocenters. The Morgan fingerprint density at radius 1 is 1.08 bits per heavy atom. The SMILES string of the molecule is CN(CCc1nc2cc(-c3ccc(C#N)cc3)ccc2o1)C(C)(C)C. The Kier molecular flexibility index (Phi) is 4.61. The Morgan fingerprint density at radius 3 is 2.40 bits per heavy atom. The van der Waals surface area contributed by atoms with Crippen molar-refractivity contribution in [1.82, 2.24) is 9.88 Å². The first-order valence-corrected chi connectivity index (χ1v) is 8.48. The number of likely N-dealkylation sites (N-methyl/N-ethyl adjacent to an activating group) is 1. The van der Waals surface area contributed by atoms with Gasteiger partial charge in [-0.15, -0.1) is 0 Å². The van der Waals surface area contributed by atoms with E-state index in [-0.39, 0.29) is 5.54 Å². The zero-order chi connectivity index (χ0) is 18.0. The molecule has 0 amide bonds. The molecular weight excluding hydrogens is 310 g/mol. The van der Waals surface area contributed by atoms with Gasteiger partial charge in [0.25, 0.3) is 0 Å². The monoisotopic (exact) mass is 333 g/mol. The molecule has 0 atom stereocenters. The van der Waals surface area contributed by atoms with E-state index in [2.05, 4.69) is 43.8 Å².